The predicted octanol–water partition coefficient (Wildman–Crippen LogP) is 3.08. The Morgan fingerprint density at radius 2 is 2.00 bits per heavy atom. The van der Waals surface area contributed by atoms with Crippen molar-refractivity contribution in [2.75, 3.05) is 25.9 Å². The highest BCUT2D eigenvalue weighted by molar-refractivity contribution is 7.80. The number of fused-ring (bicyclic) bond motifs is 3. The molecule has 3 N–H and O–H groups in total. The zero-order valence-corrected chi connectivity index (χ0v) is 16.1. The molecule has 1 fully saturated rings. The first-order chi connectivity index (χ1) is 11.5. The van der Waals surface area contributed by atoms with E-state index < -0.39 is 0 Å². The lowest BCUT2D eigenvalue weighted by molar-refractivity contribution is -0.125. The van der Waals surface area contributed by atoms with E-state index in [1.54, 1.807) is 38.9 Å². The molecule has 1 aliphatic heterocycles. The number of nitrogen functional groups attached to an aromatic ring is 1. The van der Waals surface area contributed by atoms with Gasteiger partial charge in [0.05, 0.1) is 21.0 Å². The van der Waals surface area contributed by atoms with Gasteiger partial charge in [0.2, 0.25) is 0 Å². The van der Waals surface area contributed by atoms with E-state index in [1.807, 2.05) is 24.1 Å². The Hall–Kier alpha value is -1.26. The number of carbonyl (C=O) groups is 1. The summed E-state index contributed by atoms with van der Waals surface area (Å²) in [7, 11) is 1.84. The van der Waals surface area contributed by atoms with Crippen LogP contribution < -0.4 is 5.73 Å². The molecule has 0 aromatic carbocycles. The van der Waals surface area contributed by atoms with Crippen LogP contribution in [0, 0.1) is 0 Å². The topological polar surface area (TPSA) is 69.8 Å². The van der Waals surface area contributed by atoms with E-state index in [-0.39, 0.29) is 24.6 Å². The molecule has 1 unspecified atom stereocenters. The van der Waals surface area contributed by atoms with Gasteiger partial charge in [0.15, 0.2) is 0 Å². The molecular weight excluding hydrogens is 382 g/mol. The summed E-state index contributed by atoms with van der Waals surface area (Å²) in [5.74, 6) is -0.103. The second-order valence-electron chi connectivity index (χ2n) is 5.50. The summed E-state index contributed by atoms with van der Waals surface area (Å²) in [4.78, 5) is 17.0. The molecule has 0 aliphatic carbocycles. The maximum atomic E-state index is 12.5. The number of thiophene rings is 3. The third kappa shape index (κ3) is 2.42. The smallest absolute Gasteiger partial charge is 0.272 e. The van der Waals surface area contributed by atoms with Crippen molar-refractivity contribution in [1.82, 2.24) is 9.80 Å². The summed E-state index contributed by atoms with van der Waals surface area (Å²) >= 11 is 9.46. The van der Waals surface area contributed by atoms with Gasteiger partial charge in [-0.3, -0.25) is 4.79 Å². The summed E-state index contributed by atoms with van der Waals surface area (Å²) in [5, 5.41) is 9.95. The highest BCUT2D eigenvalue weighted by atomic mass is 32.1. The monoisotopic (exact) mass is 397 g/mol. The molecule has 4 rings (SSSR count). The minimum Gasteiger partial charge on any atom is -0.395 e. The van der Waals surface area contributed by atoms with Gasteiger partial charge in [0.25, 0.3) is 5.91 Å². The minimum absolute atomic E-state index is 0.0730. The van der Waals surface area contributed by atoms with Crippen molar-refractivity contribution in [3.63, 3.8) is 0 Å². The van der Waals surface area contributed by atoms with Crippen molar-refractivity contribution in [2.45, 2.75) is 5.50 Å². The van der Waals surface area contributed by atoms with Gasteiger partial charge in [0, 0.05) is 27.9 Å². The average Bonchev–Trinajstić information content (AvgIpc) is 3.21. The molecule has 0 saturated carbocycles. The van der Waals surface area contributed by atoms with Crippen LogP contribution in [-0.2, 0) is 4.79 Å². The number of aliphatic hydroxyl groups excluding tert-OH is 1. The molecule has 9 heteroatoms. The van der Waals surface area contributed by atoms with Gasteiger partial charge >= 0.3 is 0 Å². The van der Waals surface area contributed by atoms with Gasteiger partial charge in [-0.15, -0.1) is 46.6 Å². The van der Waals surface area contributed by atoms with Gasteiger partial charge in [-0.2, -0.15) is 0 Å². The standard InChI is InChI=1S/C15H15N3O2S4/c1-17-8(14(20)18(2-3-19)15(17)21)4-7-5-9-12(22-7)13-10(23-9)6-11(16)24-13/h4-6,15,19,21H,2-3,16H2,1H3/b8-4-. The van der Waals surface area contributed by atoms with Crippen LogP contribution in [0.1, 0.15) is 4.88 Å². The number of rotatable bonds is 3. The number of hydrogen-bond donors (Lipinski definition) is 3. The fraction of sp³-hybridized carbons (Fsp3) is 0.267. The number of anilines is 1. The minimum atomic E-state index is -0.346. The van der Waals surface area contributed by atoms with Crippen molar-refractivity contribution in [3.05, 3.63) is 22.7 Å². The molecule has 0 radical (unpaired) electrons. The normalized spacial score (nSPS) is 20.4. The Balaban J connectivity index is 1.74. The molecule has 1 aliphatic rings. The van der Waals surface area contributed by atoms with Crippen LogP contribution in [0.15, 0.2) is 17.8 Å². The maximum Gasteiger partial charge on any atom is 0.272 e. The van der Waals surface area contributed by atoms with Crippen molar-refractivity contribution >= 4 is 82.4 Å². The average molecular weight is 398 g/mol. The van der Waals surface area contributed by atoms with Crippen LogP contribution in [0.5, 0.6) is 0 Å². The van der Waals surface area contributed by atoms with E-state index in [0.717, 1.165) is 9.88 Å². The van der Waals surface area contributed by atoms with Gasteiger partial charge < -0.3 is 20.6 Å². The summed E-state index contributed by atoms with van der Waals surface area (Å²) in [5.41, 5.74) is 6.14. The summed E-state index contributed by atoms with van der Waals surface area (Å²) in [6.07, 6.45) is 1.91. The number of carbonyl (C=O) groups excluding carboxylic acids is 1. The van der Waals surface area contributed by atoms with Gasteiger partial charge in [0.1, 0.15) is 11.2 Å². The van der Waals surface area contributed by atoms with Crippen LogP contribution >= 0.6 is 46.6 Å². The van der Waals surface area contributed by atoms with Crippen LogP contribution in [-0.4, -0.2) is 46.5 Å². The van der Waals surface area contributed by atoms with Gasteiger partial charge in [-0.1, -0.05) is 0 Å². The van der Waals surface area contributed by atoms with E-state index in [0.29, 0.717) is 5.70 Å². The molecule has 1 amide bonds. The first-order valence-corrected chi connectivity index (χ1v) is 10.2. The summed E-state index contributed by atoms with van der Waals surface area (Å²) in [6, 6.07) is 4.13. The van der Waals surface area contributed by atoms with E-state index in [4.69, 9.17) is 10.8 Å². The first kappa shape index (κ1) is 16.2. The Morgan fingerprint density at radius 1 is 1.29 bits per heavy atom. The van der Waals surface area contributed by atoms with Crippen molar-refractivity contribution in [2.24, 2.45) is 0 Å². The molecule has 0 spiro atoms. The molecule has 24 heavy (non-hydrogen) atoms. The quantitative estimate of drug-likeness (QED) is 0.469. The number of aliphatic hydroxyl groups is 1. The second kappa shape index (κ2) is 5.92. The van der Waals surface area contributed by atoms with Gasteiger partial charge in [-0.25, -0.2) is 0 Å². The molecule has 3 aromatic heterocycles. The van der Waals surface area contributed by atoms with Crippen molar-refractivity contribution in [3.8, 4) is 0 Å². The van der Waals surface area contributed by atoms with Gasteiger partial charge in [-0.05, 0) is 18.2 Å². The van der Waals surface area contributed by atoms with Crippen LogP contribution in [0.3, 0.4) is 0 Å². The molecule has 4 heterocycles. The summed E-state index contributed by atoms with van der Waals surface area (Å²) in [6.45, 7) is 0.208. The first-order valence-electron chi connectivity index (χ1n) is 7.25. The Morgan fingerprint density at radius 3 is 2.75 bits per heavy atom. The maximum absolute atomic E-state index is 12.5. The zero-order chi connectivity index (χ0) is 17.0. The van der Waals surface area contributed by atoms with Crippen LogP contribution in [0.4, 0.5) is 5.00 Å². The highest BCUT2D eigenvalue weighted by Crippen LogP contribution is 2.45. The van der Waals surface area contributed by atoms with Crippen LogP contribution in [0.2, 0.25) is 0 Å². The lowest BCUT2D eigenvalue weighted by atomic mass is 10.3. The Bertz CT molecular complexity index is 970. The Labute approximate surface area is 156 Å². The van der Waals surface area contributed by atoms with Crippen molar-refractivity contribution < 1.29 is 9.90 Å². The van der Waals surface area contributed by atoms with E-state index in [2.05, 4.69) is 18.7 Å². The fourth-order valence-corrected chi connectivity index (χ4v) is 6.89. The number of nitrogens with two attached hydrogens (primary N) is 1. The molecular formula is C15H15N3O2S4. The van der Waals surface area contributed by atoms with Crippen LogP contribution in [0.25, 0.3) is 24.9 Å². The number of thiol groups is 1. The zero-order valence-electron chi connectivity index (χ0n) is 12.7. The number of amides is 1. The molecule has 3 aromatic rings. The van der Waals surface area contributed by atoms with E-state index in [1.165, 1.54) is 18.8 Å². The van der Waals surface area contributed by atoms with E-state index >= 15 is 0 Å². The number of likely N-dealkylation sites (N-methyl/N-ethyl adjacent to an activating group) is 1. The summed E-state index contributed by atoms with van der Waals surface area (Å²) < 4.78 is 4.89. The highest BCUT2D eigenvalue weighted by Gasteiger charge is 2.37. The van der Waals surface area contributed by atoms with Crippen molar-refractivity contribution in [1.29, 1.82) is 0 Å². The molecule has 0 bridgehead atoms. The lowest BCUT2D eigenvalue weighted by Crippen LogP contribution is -2.35. The number of β-amino-alcohol motifs (C(OH)–C–C–N with tert-alkyl or cyclic N) is 1. The molecule has 1 atom stereocenters. The molecule has 126 valence electrons. The Kier molecular flexibility index (Phi) is 4.00. The largest absolute Gasteiger partial charge is 0.395 e. The van der Waals surface area contributed by atoms with E-state index in [9.17, 15) is 4.79 Å². The fourth-order valence-electron chi connectivity index (χ4n) is 2.80. The molecule has 5 nitrogen and oxygen atoms in total. The third-order valence-electron chi connectivity index (χ3n) is 3.97. The number of nitrogens with zero attached hydrogens (tertiary/aromatic N) is 2. The third-order valence-corrected chi connectivity index (χ3v) is 8.14. The number of hydrogen-bond acceptors (Lipinski definition) is 8. The molecule has 1 saturated heterocycles. The predicted molar refractivity (Wildman–Crippen MR) is 107 cm³/mol. The lowest BCUT2D eigenvalue weighted by Gasteiger charge is -2.22. The second-order valence-corrected chi connectivity index (χ2v) is 9.21. The SMILES string of the molecule is CN1/C(=C\c2cc3sc4cc(N)sc4c3s2)C(=O)N(CCO)C1S.